The highest BCUT2D eigenvalue weighted by Crippen LogP contribution is 2.12. The predicted molar refractivity (Wildman–Crippen MR) is 76.2 cm³/mol. The standard InChI is InChI=1S/C10H20N6O3S/c1-4-12-8-14-9(13-5-6-20(11,17)18)16-10(15-8)19-7(2)3/h7H,4-6H2,1-3H3,(H2,11,17,18)(H2,12,13,14,15,16). The average molecular weight is 304 g/mol. The van der Waals surface area contributed by atoms with Gasteiger partial charge < -0.3 is 15.4 Å². The lowest BCUT2D eigenvalue weighted by Gasteiger charge is -2.11. The molecule has 0 aromatic carbocycles. The van der Waals surface area contributed by atoms with Crippen molar-refractivity contribution < 1.29 is 13.2 Å². The molecule has 0 unspecified atom stereocenters. The van der Waals surface area contributed by atoms with Crippen molar-refractivity contribution in [2.45, 2.75) is 26.9 Å². The van der Waals surface area contributed by atoms with Crippen molar-refractivity contribution in [3.05, 3.63) is 0 Å². The van der Waals surface area contributed by atoms with Gasteiger partial charge in [0.25, 0.3) is 0 Å². The first-order valence-electron chi connectivity index (χ1n) is 6.21. The van der Waals surface area contributed by atoms with Crippen LogP contribution in [-0.4, -0.2) is 48.3 Å². The van der Waals surface area contributed by atoms with Crippen LogP contribution in [0.25, 0.3) is 0 Å². The summed E-state index contributed by atoms with van der Waals surface area (Å²) in [7, 11) is -3.52. The van der Waals surface area contributed by atoms with Crippen LogP contribution in [0.4, 0.5) is 11.9 Å². The van der Waals surface area contributed by atoms with Crippen molar-refractivity contribution in [2.75, 3.05) is 29.5 Å². The first kappa shape index (κ1) is 16.4. The molecule has 0 aliphatic carbocycles. The third-order valence-corrected chi connectivity index (χ3v) is 2.73. The highest BCUT2D eigenvalue weighted by Gasteiger charge is 2.09. The monoisotopic (exact) mass is 304 g/mol. The second kappa shape index (κ2) is 7.20. The van der Waals surface area contributed by atoms with Crippen LogP contribution >= 0.6 is 0 Å². The Balaban J connectivity index is 2.79. The van der Waals surface area contributed by atoms with E-state index in [1.54, 1.807) is 0 Å². The highest BCUT2D eigenvalue weighted by molar-refractivity contribution is 7.89. The molecule has 1 rings (SSSR count). The Hall–Kier alpha value is -1.68. The van der Waals surface area contributed by atoms with Gasteiger partial charge in [0, 0.05) is 13.1 Å². The summed E-state index contributed by atoms with van der Waals surface area (Å²) in [5.41, 5.74) is 0. The van der Waals surface area contributed by atoms with Gasteiger partial charge in [0.2, 0.25) is 21.9 Å². The van der Waals surface area contributed by atoms with E-state index in [0.29, 0.717) is 12.5 Å². The van der Waals surface area contributed by atoms with Gasteiger partial charge in [0.1, 0.15) is 0 Å². The number of nitrogens with two attached hydrogens (primary N) is 1. The van der Waals surface area contributed by atoms with Crippen LogP contribution in [0.5, 0.6) is 6.01 Å². The summed E-state index contributed by atoms with van der Waals surface area (Å²) in [6.07, 6.45) is -0.0795. The molecule has 0 saturated carbocycles. The van der Waals surface area contributed by atoms with Crippen LogP contribution in [0.1, 0.15) is 20.8 Å². The number of hydrogen-bond donors (Lipinski definition) is 3. The van der Waals surface area contributed by atoms with Gasteiger partial charge in [-0.25, -0.2) is 13.6 Å². The smallest absolute Gasteiger partial charge is 0.323 e. The van der Waals surface area contributed by atoms with Gasteiger partial charge in [-0.1, -0.05) is 0 Å². The number of anilines is 2. The van der Waals surface area contributed by atoms with E-state index in [4.69, 9.17) is 9.88 Å². The van der Waals surface area contributed by atoms with E-state index in [-0.39, 0.29) is 30.4 Å². The Kier molecular flexibility index (Phi) is 5.89. The predicted octanol–water partition coefficient (Wildman–Crippen LogP) is -0.209. The van der Waals surface area contributed by atoms with Crippen LogP contribution in [0, 0.1) is 0 Å². The molecule has 0 bridgehead atoms. The van der Waals surface area contributed by atoms with Crippen LogP contribution < -0.4 is 20.5 Å². The molecule has 0 radical (unpaired) electrons. The summed E-state index contributed by atoms with van der Waals surface area (Å²) in [5, 5.41) is 10.6. The van der Waals surface area contributed by atoms with E-state index in [2.05, 4.69) is 25.6 Å². The molecular weight excluding hydrogens is 284 g/mol. The minimum atomic E-state index is -3.52. The van der Waals surface area contributed by atoms with Crippen molar-refractivity contribution in [3.63, 3.8) is 0 Å². The normalized spacial score (nSPS) is 11.4. The fourth-order valence-corrected chi connectivity index (χ4v) is 1.63. The number of nitrogens with zero attached hydrogens (tertiary/aromatic N) is 3. The quantitative estimate of drug-likeness (QED) is 0.601. The van der Waals surface area contributed by atoms with Crippen LogP contribution in [0.2, 0.25) is 0 Å². The Morgan fingerprint density at radius 2 is 1.80 bits per heavy atom. The zero-order valence-electron chi connectivity index (χ0n) is 11.8. The van der Waals surface area contributed by atoms with Crippen LogP contribution in [0.15, 0.2) is 0 Å². The van der Waals surface area contributed by atoms with Crippen molar-refractivity contribution in [1.82, 2.24) is 15.0 Å². The molecule has 9 nitrogen and oxygen atoms in total. The average Bonchev–Trinajstić information content (AvgIpc) is 2.26. The SMILES string of the molecule is CCNc1nc(NCCS(N)(=O)=O)nc(OC(C)C)n1. The molecule has 0 atom stereocenters. The van der Waals surface area contributed by atoms with E-state index in [1.807, 2.05) is 20.8 Å². The molecule has 10 heteroatoms. The number of aromatic nitrogens is 3. The summed E-state index contributed by atoms with van der Waals surface area (Å²) in [6, 6.07) is 0.170. The Labute approximate surface area is 118 Å². The minimum Gasteiger partial charge on any atom is -0.461 e. The fraction of sp³-hybridized carbons (Fsp3) is 0.700. The molecule has 1 aromatic heterocycles. The molecule has 4 N–H and O–H groups in total. The highest BCUT2D eigenvalue weighted by atomic mass is 32.2. The van der Waals surface area contributed by atoms with Crippen molar-refractivity contribution in [2.24, 2.45) is 5.14 Å². The number of hydrogen-bond acceptors (Lipinski definition) is 8. The Morgan fingerprint density at radius 3 is 2.30 bits per heavy atom. The van der Waals surface area contributed by atoms with E-state index in [0.717, 1.165) is 0 Å². The lowest BCUT2D eigenvalue weighted by Crippen LogP contribution is -2.23. The third-order valence-electron chi connectivity index (χ3n) is 1.96. The molecule has 0 saturated heterocycles. The largest absolute Gasteiger partial charge is 0.461 e. The van der Waals surface area contributed by atoms with Gasteiger partial charge in [-0.15, -0.1) is 0 Å². The maximum atomic E-state index is 10.9. The fourth-order valence-electron chi connectivity index (χ4n) is 1.24. The number of rotatable bonds is 8. The minimum absolute atomic E-state index is 0.0795. The zero-order chi connectivity index (χ0) is 15.2. The number of ether oxygens (including phenoxy) is 1. The van der Waals surface area contributed by atoms with Gasteiger partial charge in [0.05, 0.1) is 11.9 Å². The number of nitrogens with one attached hydrogen (secondary N) is 2. The van der Waals surface area contributed by atoms with Crippen molar-refractivity contribution in [3.8, 4) is 6.01 Å². The molecule has 0 aliphatic heterocycles. The van der Waals surface area contributed by atoms with E-state index in [9.17, 15) is 8.42 Å². The first-order valence-corrected chi connectivity index (χ1v) is 7.92. The second-order valence-electron chi connectivity index (χ2n) is 4.26. The molecule has 0 spiro atoms. The van der Waals surface area contributed by atoms with Crippen LogP contribution in [-0.2, 0) is 10.0 Å². The summed E-state index contributed by atoms with van der Waals surface area (Å²) in [5.74, 6) is 0.377. The first-order chi connectivity index (χ1) is 9.30. The molecule has 20 heavy (non-hydrogen) atoms. The van der Waals surface area contributed by atoms with Crippen molar-refractivity contribution >= 4 is 21.9 Å². The molecule has 1 aromatic rings. The summed E-state index contributed by atoms with van der Waals surface area (Å²) in [6.45, 7) is 6.35. The maximum Gasteiger partial charge on any atom is 0.323 e. The lowest BCUT2D eigenvalue weighted by molar-refractivity contribution is 0.222. The summed E-state index contributed by atoms with van der Waals surface area (Å²) < 4.78 is 27.1. The number of primary sulfonamides is 1. The van der Waals surface area contributed by atoms with E-state index in [1.165, 1.54) is 0 Å². The second-order valence-corrected chi connectivity index (χ2v) is 5.99. The molecule has 0 aliphatic rings. The van der Waals surface area contributed by atoms with Gasteiger partial charge in [-0.05, 0) is 20.8 Å². The van der Waals surface area contributed by atoms with Gasteiger partial charge >= 0.3 is 6.01 Å². The van der Waals surface area contributed by atoms with Gasteiger partial charge in [-0.3, -0.25) is 0 Å². The Bertz CT molecular complexity index is 534. The summed E-state index contributed by atoms with van der Waals surface area (Å²) in [4.78, 5) is 12.2. The van der Waals surface area contributed by atoms with Gasteiger partial charge in [0.15, 0.2) is 0 Å². The maximum absolute atomic E-state index is 10.9. The topological polar surface area (TPSA) is 132 Å². The number of sulfonamides is 1. The zero-order valence-corrected chi connectivity index (χ0v) is 12.6. The summed E-state index contributed by atoms with van der Waals surface area (Å²) >= 11 is 0. The van der Waals surface area contributed by atoms with Gasteiger partial charge in [-0.2, -0.15) is 15.0 Å². The molecule has 1 heterocycles. The molecule has 0 amide bonds. The molecular formula is C10H20N6O3S. The van der Waals surface area contributed by atoms with Crippen molar-refractivity contribution in [1.29, 1.82) is 0 Å². The Morgan fingerprint density at radius 1 is 1.20 bits per heavy atom. The van der Waals surface area contributed by atoms with Crippen LogP contribution in [0.3, 0.4) is 0 Å². The van der Waals surface area contributed by atoms with E-state index >= 15 is 0 Å². The lowest BCUT2D eigenvalue weighted by atomic mass is 10.5. The van der Waals surface area contributed by atoms with E-state index < -0.39 is 10.0 Å². The molecule has 0 fully saturated rings. The molecule has 114 valence electrons. The third kappa shape index (κ3) is 6.48.